The molecule has 0 amide bonds. The zero-order valence-electron chi connectivity index (χ0n) is 20.0. The average molecular weight is 434 g/mol. The molecule has 1 saturated heterocycles. The van der Waals surface area contributed by atoms with Crippen LogP contribution in [0.25, 0.3) is 0 Å². The van der Waals surface area contributed by atoms with Crippen molar-refractivity contribution in [3.05, 3.63) is 29.8 Å². The number of benzene rings is 1. The predicted molar refractivity (Wildman–Crippen MR) is 129 cm³/mol. The Balaban J connectivity index is 1.74. The van der Waals surface area contributed by atoms with E-state index in [0.29, 0.717) is 19.2 Å². The number of nitrogens with one attached hydrogen (secondary N) is 2. The number of hydrogen-bond acceptors (Lipinski definition) is 5. The maximum atomic E-state index is 6.10. The highest BCUT2D eigenvalue weighted by molar-refractivity contribution is 5.79. The van der Waals surface area contributed by atoms with Crippen LogP contribution in [0.3, 0.4) is 0 Å². The van der Waals surface area contributed by atoms with Gasteiger partial charge in [0.1, 0.15) is 12.4 Å². The predicted octanol–water partition coefficient (Wildman–Crippen LogP) is 2.57. The van der Waals surface area contributed by atoms with Crippen molar-refractivity contribution in [1.82, 2.24) is 20.4 Å². The highest BCUT2D eigenvalue weighted by Gasteiger charge is 2.11. The lowest BCUT2D eigenvalue weighted by Gasteiger charge is -2.26. The molecule has 0 bridgehead atoms. The summed E-state index contributed by atoms with van der Waals surface area (Å²) in [6, 6.07) is 8.61. The molecule has 176 valence electrons. The smallest absolute Gasteiger partial charge is 0.191 e. The lowest BCUT2D eigenvalue weighted by atomic mass is 10.1. The van der Waals surface area contributed by atoms with E-state index in [1.165, 1.54) is 6.42 Å². The fraction of sp³-hybridized carbons (Fsp3) is 0.708. The first-order chi connectivity index (χ1) is 15.2. The van der Waals surface area contributed by atoms with Crippen LogP contribution in [0.1, 0.15) is 39.2 Å². The molecule has 0 radical (unpaired) electrons. The molecule has 2 rings (SSSR count). The summed E-state index contributed by atoms with van der Waals surface area (Å²) in [6.45, 7) is 16.0. The van der Waals surface area contributed by atoms with Crippen LogP contribution in [0.4, 0.5) is 0 Å². The van der Waals surface area contributed by atoms with Crippen LogP contribution in [0, 0.1) is 0 Å². The van der Waals surface area contributed by atoms with Crippen LogP contribution in [0.15, 0.2) is 29.3 Å². The van der Waals surface area contributed by atoms with Crippen LogP contribution in [-0.4, -0.2) is 87.9 Å². The summed E-state index contributed by atoms with van der Waals surface area (Å²) in [5.74, 6) is 1.77. The van der Waals surface area contributed by atoms with E-state index in [4.69, 9.17) is 9.47 Å². The highest BCUT2D eigenvalue weighted by Crippen LogP contribution is 2.17. The van der Waals surface area contributed by atoms with Gasteiger partial charge in [-0.2, -0.15) is 0 Å². The van der Waals surface area contributed by atoms with Crippen molar-refractivity contribution in [3.63, 3.8) is 0 Å². The van der Waals surface area contributed by atoms with E-state index in [1.54, 1.807) is 0 Å². The molecule has 0 aromatic heterocycles. The van der Waals surface area contributed by atoms with Crippen molar-refractivity contribution in [2.45, 2.75) is 46.2 Å². The molecular formula is C24H43N5O2. The molecular weight excluding hydrogens is 390 g/mol. The number of aliphatic imine (C=N–C) groups is 1. The number of guanidine groups is 1. The molecule has 1 unspecified atom stereocenters. The molecule has 1 heterocycles. The summed E-state index contributed by atoms with van der Waals surface area (Å²) >= 11 is 0. The van der Waals surface area contributed by atoms with Gasteiger partial charge < -0.3 is 25.0 Å². The molecule has 7 nitrogen and oxygen atoms in total. The summed E-state index contributed by atoms with van der Waals surface area (Å²) in [6.07, 6.45) is 2.31. The minimum Gasteiger partial charge on any atom is -0.492 e. The Morgan fingerprint density at radius 2 is 1.97 bits per heavy atom. The molecule has 1 aliphatic heterocycles. The SMILES string of the molecule is CCN(CC)CCCC(C)NC(=NC)NCc1ccccc1OCCN1CCOCC1. The summed E-state index contributed by atoms with van der Waals surface area (Å²) in [5, 5.41) is 6.95. The van der Waals surface area contributed by atoms with Gasteiger partial charge in [-0.3, -0.25) is 9.89 Å². The minimum atomic E-state index is 0.377. The van der Waals surface area contributed by atoms with Gasteiger partial charge in [0.05, 0.1) is 13.2 Å². The third-order valence-electron chi connectivity index (χ3n) is 5.80. The van der Waals surface area contributed by atoms with Gasteiger partial charge in [0, 0.05) is 44.8 Å². The van der Waals surface area contributed by atoms with E-state index < -0.39 is 0 Å². The summed E-state index contributed by atoms with van der Waals surface area (Å²) < 4.78 is 11.5. The Bertz CT molecular complexity index is 630. The number of morpholine rings is 1. The van der Waals surface area contributed by atoms with Crippen LogP contribution in [-0.2, 0) is 11.3 Å². The molecule has 2 N–H and O–H groups in total. The largest absolute Gasteiger partial charge is 0.492 e. The molecule has 1 aromatic rings. The first-order valence-electron chi connectivity index (χ1n) is 11.9. The van der Waals surface area contributed by atoms with Crippen molar-refractivity contribution < 1.29 is 9.47 Å². The fourth-order valence-electron chi connectivity index (χ4n) is 3.74. The summed E-state index contributed by atoms with van der Waals surface area (Å²) in [7, 11) is 1.82. The second kappa shape index (κ2) is 15.1. The highest BCUT2D eigenvalue weighted by atomic mass is 16.5. The van der Waals surface area contributed by atoms with Crippen molar-refractivity contribution in [1.29, 1.82) is 0 Å². The molecule has 1 fully saturated rings. The summed E-state index contributed by atoms with van der Waals surface area (Å²) in [5.41, 5.74) is 1.14. The number of rotatable bonds is 13. The van der Waals surface area contributed by atoms with Crippen LogP contribution < -0.4 is 15.4 Å². The van der Waals surface area contributed by atoms with E-state index in [2.05, 4.69) is 58.3 Å². The van der Waals surface area contributed by atoms with Crippen molar-refractivity contribution in [3.8, 4) is 5.75 Å². The monoisotopic (exact) mass is 433 g/mol. The zero-order valence-corrected chi connectivity index (χ0v) is 20.0. The first kappa shape index (κ1) is 25.4. The van der Waals surface area contributed by atoms with Gasteiger partial charge in [-0.05, 0) is 45.5 Å². The van der Waals surface area contributed by atoms with E-state index >= 15 is 0 Å². The van der Waals surface area contributed by atoms with Crippen LogP contribution in [0.2, 0.25) is 0 Å². The maximum absolute atomic E-state index is 6.10. The van der Waals surface area contributed by atoms with Gasteiger partial charge in [0.25, 0.3) is 0 Å². The van der Waals surface area contributed by atoms with E-state index in [0.717, 1.165) is 76.2 Å². The van der Waals surface area contributed by atoms with Gasteiger partial charge in [0.2, 0.25) is 0 Å². The van der Waals surface area contributed by atoms with Gasteiger partial charge in [-0.15, -0.1) is 0 Å². The van der Waals surface area contributed by atoms with Gasteiger partial charge in [-0.25, -0.2) is 0 Å². The number of para-hydroxylation sites is 1. The summed E-state index contributed by atoms with van der Waals surface area (Å²) in [4.78, 5) is 9.25. The number of ether oxygens (including phenoxy) is 2. The maximum Gasteiger partial charge on any atom is 0.191 e. The first-order valence-corrected chi connectivity index (χ1v) is 11.9. The molecule has 1 atom stereocenters. The van der Waals surface area contributed by atoms with Gasteiger partial charge in [0.15, 0.2) is 5.96 Å². The standard InChI is InChI=1S/C24H43N5O2/c1-5-28(6-2)13-9-10-21(3)27-24(25-4)26-20-22-11-7-8-12-23(22)31-19-16-29-14-17-30-18-15-29/h7-8,11-12,21H,5-6,9-10,13-20H2,1-4H3,(H2,25,26,27). The molecule has 1 aliphatic rings. The van der Waals surface area contributed by atoms with Crippen molar-refractivity contribution >= 4 is 5.96 Å². The third-order valence-corrected chi connectivity index (χ3v) is 5.80. The Morgan fingerprint density at radius 3 is 2.68 bits per heavy atom. The van der Waals surface area contributed by atoms with Crippen LogP contribution in [0.5, 0.6) is 5.75 Å². The number of nitrogens with zero attached hydrogens (tertiary/aromatic N) is 3. The molecule has 0 spiro atoms. The van der Waals surface area contributed by atoms with E-state index in [1.807, 2.05) is 19.2 Å². The Morgan fingerprint density at radius 1 is 1.23 bits per heavy atom. The minimum absolute atomic E-state index is 0.377. The Kier molecular flexibility index (Phi) is 12.3. The second-order valence-electron chi connectivity index (χ2n) is 8.05. The zero-order chi connectivity index (χ0) is 22.3. The quantitative estimate of drug-likeness (QED) is 0.368. The topological polar surface area (TPSA) is 61.4 Å². The molecule has 0 aliphatic carbocycles. The fourth-order valence-corrected chi connectivity index (χ4v) is 3.74. The molecule has 1 aromatic carbocycles. The Labute approximate surface area is 189 Å². The molecule has 0 saturated carbocycles. The van der Waals surface area contributed by atoms with Crippen LogP contribution >= 0.6 is 0 Å². The van der Waals surface area contributed by atoms with Crippen molar-refractivity contribution in [2.75, 3.05) is 66.1 Å². The van der Waals surface area contributed by atoms with Gasteiger partial charge in [-0.1, -0.05) is 32.0 Å². The van der Waals surface area contributed by atoms with Gasteiger partial charge >= 0.3 is 0 Å². The normalized spacial score (nSPS) is 16.4. The van der Waals surface area contributed by atoms with E-state index in [9.17, 15) is 0 Å². The lowest BCUT2D eigenvalue weighted by molar-refractivity contribution is 0.0322. The van der Waals surface area contributed by atoms with Crippen molar-refractivity contribution in [2.24, 2.45) is 4.99 Å². The average Bonchev–Trinajstić information content (AvgIpc) is 2.81. The number of hydrogen-bond donors (Lipinski definition) is 2. The Hall–Kier alpha value is -1.83. The molecule has 7 heteroatoms. The molecule has 31 heavy (non-hydrogen) atoms. The lowest BCUT2D eigenvalue weighted by Crippen LogP contribution is -2.42. The second-order valence-corrected chi connectivity index (χ2v) is 8.05. The van der Waals surface area contributed by atoms with E-state index in [-0.39, 0.29) is 0 Å². The third kappa shape index (κ3) is 9.89.